The van der Waals surface area contributed by atoms with Crippen molar-refractivity contribution in [1.82, 2.24) is 15.2 Å². The molecule has 0 saturated carbocycles. The Morgan fingerprint density at radius 1 is 1.58 bits per heavy atom. The van der Waals surface area contributed by atoms with Gasteiger partial charge in [0.2, 0.25) is 0 Å². The zero-order valence-electron chi connectivity index (χ0n) is 10.7. The molecule has 1 aliphatic heterocycles. The van der Waals surface area contributed by atoms with Crippen molar-refractivity contribution in [1.29, 1.82) is 0 Å². The quantitative estimate of drug-likeness (QED) is 0.847. The first kappa shape index (κ1) is 14.4. The van der Waals surface area contributed by atoms with E-state index in [2.05, 4.69) is 26.2 Å². The Morgan fingerprint density at radius 3 is 3.00 bits per heavy atom. The number of amides is 1. The first-order valence-electron chi connectivity index (χ1n) is 6.46. The maximum Gasteiger partial charge on any atom is 0.272 e. The highest BCUT2D eigenvalue weighted by molar-refractivity contribution is 9.10. The molecule has 0 spiro atoms. The molecular formula is C13H18BrN3O2. The Labute approximate surface area is 121 Å². The van der Waals surface area contributed by atoms with Crippen molar-refractivity contribution in [2.75, 3.05) is 26.2 Å². The summed E-state index contributed by atoms with van der Waals surface area (Å²) in [5.41, 5.74) is 0.412. The van der Waals surface area contributed by atoms with Crippen molar-refractivity contribution >= 4 is 21.8 Å². The van der Waals surface area contributed by atoms with E-state index in [1.807, 2.05) is 0 Å². The van der Waals surface area contributed by atoms with Gasteiger partial charge in [-0.3, -0.25) is 4.79 Å². The average molecular weight is 328 g/mol. The number of hydrogen-bond donors (Lipinski definition) is 2. The zero-order chi connectivity index (χ0) is 13.7. The van der Waals surface area contributed by atoms with Crippen LogP contribution in [0.3, 0.4) is 0 Å². The van der Waals surface area contributed by atoms with Crippen molar-refractivity contribution in [2.24, 2.45) is 0 Å². The molecule has 104 valence electrons. The number of aromatic nitrogens is 1. The first-order valence-corrected chi connectivity index (χ1v) is 7.25. The molecule has 1 saturated heterocycles. The fraction of sp³-hybridized carbons (Fsp3) is 0.538. The van der Waals surface area contributed by atoms with Crippen molar-refractivity contribution < 1.29 is 9.90 Å². The van der Waals surface area contributed by atoms with Gasteiger partial charge in [-0.05, 0) is 47.4 Å². The highest BCUT2D eigenvalue weighted by atomic mass is 79.9. The summed E-state index contributed by atoms with van der Waals surface area (Å²) >= 11 is 3.30. The number of rotatable bonds is 5. The second-order valence-corrected chi connectivity index (χ2v) is 5.55. The van der Waals surface area contributed by atoms with Crippen molar-refractivity contribution in [3.05, 3.63) is 28.5 Å². The second kappa shape index (κ2) is 6.98. The van der Waals surface area contributed by atoms with E-state index in [0.29, 0.717) is 24.8 Å². The topological polar surface area (TPSA) is 65.5 Å². The van der Waals surface area contributed by atoms with E-state index in [4.69, 9.17) is 5.11 Å². The van der Waals surface area contributed by atoms with Crippen LogP contribution in [-0.2, 0) is 0 Å². The monoisotopic (exact) mass is 327 g/mol. The van der Waals surface area contributed by atoms with Crippen LogP contribution in [-0.4, -0.2) is 53.2 Å². The summed E-state index contributed by atoms with van der Waals surface area (Å²) in [7, 11) is 0. The molecule has 0 aromatic carbocycles. The van der Waals surface area contributed by atoms with E-state index in [1.54, 1.807) is 23.2 Å². The molecule has 19 heavy (non-hydrogen) atoms. The normalized spacial score (nSPS) is 18.5. The van der Waals surface area contributed by atoms with Crippen molar-refractivity contribution in [3.8, 4) is 0 Å². The molecule has 6 heteroatoms. The van der Waals surface area contributed by atoms with Crippen LogP contribution in [0.5, 0.6) is 0 Å². The molecule has 1 unspecified atom stereocenters. The van der Waals surface area contributed by atoms with Crippen LogP contribution in [0.15, 0.2) is 22.8 Å². The van der Waals surface area contributed by atoms with Gasteiger partial charge in [0.1, 0.15) is 5.69 Å². The summed E-state index contributed by atoms with van der Waals surface area (Å²) in [6.07, 6.45) is 3.82. The van der Waals surface area contributed by atoms with Crippen LogP contribution in [0.25, 0.3) is 0 Å². The number of carbonyl (C=O) groups excluding carboxylic acids is 1. The first-order chi connectivity index (χ1) is 9.20. The van der Waals surface area contributed by atoms with E-state index < -0.39 is 0 Å². The lowest BCUT2D eigenvalue weighted by molar-refractivity contribution is 0.0700. The molecule has 2 rings (SSSR count). The van der Waals surface area contributed by atoms with Gasteiger partial charge in [-0.15, -0.1) is 0 Å². The van der Waals surface area contributed by atoms with E-state index in [1.165, 1.54) is 0 Å². The van der Waals surface area contributed by atoms with Gasteiger partial charge in [0.05, 0.1) is 6.61 Å². The third-order valence-corrected chi connectivity index (χ3v) is 3.68. The number of nitrogens with one attached hydrogen (secondary N) is 1. The molecule has 1 aromatic rings. The molecule has 1 fully saturated rings. The summed E-state index contributed by atoms with van der Waals surface area (Å²) < 4.78 is 0.843. The predicted octanol–water partition coefficient (Wildman–Crippen LogP) is 1.03. The SMILES string of the molecule is O=C(c1ccc(Br)cn1)N(CCO)CC1CCCN1. The van der Waals surface area contributed by atoms with Gasteiger partial charge < -0.3 is 15.3 Å². The number of aliphatic hydroxyl groups excluding tert-OH is 1. The Morgan fingerprint density at radius 2 is 2.42 bits per heavy atom. The Bertz CT molecular complexity index is 418. The van der Waals surface area contributed by atoms with Gasteiger partial charge in [-0.2, -0.15) is 0 Å². The molecule has 0 aliphatic carbocycles. The lowest BCUT2D eigenvalue weighted by Crippen LogP contribution is -2.42. The Balaban J connectivity index is 2.04. The zero-order valence-corrected chi connectivity index (χ0v) is 12.3. The lowest BCUT2D eigenvalue weighted by Gasteiger charge is -2.24. The van der Waals surface area contributed by atoms with Gasteiger partial charge in [0.15, 0.2) is 0 Å². The van der Waals surface area contributed by atoms with Crippen molar-refractivity contribution in [2.45, 2.75) is 18.9 Å². The molecule has 2 N–H and O–H groups in total. The molecule has 1 aromatic heterocycles. The highest BCUT2D eigenvalue weighted by Gasteiger charge is 2.22. The van der Waals surface area contributed by atoms with E-state index >= 15 is 0 Å². The third-order valence-electron chi connectivity index (χ3n) is 3.21. The van der Waals surface area contributed by atoms with E-state index in [-0.39, 0.29) is 12.5 Å². The maximum absolute atomic E-state index is 12.3. The number of hydrogen-bond acceptors (Lipinski definition) is 4. The minimum atomic E-state index is -0.129. The fourth-order valence-corrected chi connectivity index (χ4v) is 2.47. The summed E-state index contributed by atoms with van der Waals surface area (Å²) in [5, 5.41) is 12.5. The molecule has 0 bridgehead atoms. The second-order valence-electron chi connectivity index (χ2n) is 4.63. The number of aliphatic hydroxyl groups is 1. The number of nitrogens with zero attached hydrogens (tertiary/aromatic N) is 2. The Kier molecular flexibility index (Phi) is 5.30. The summed E-state index contributed by atoms with van der Waals surface area (Å²) in [6.45, 7) is 1.93. The number of pyridine rings is 1. The minimum Gasteiger partial charge on any atom is -0.395 e. The average Bonchev–Trinajstić information content (AvgIpc) is 2.91. The van der Waals surface area contributed by atoms with Gasteiger partial charge in [-0.25, -0.2) is 4.98 Å². The Hall–Kier alpha value is -0.980. The van der Waals surface area contributed by atoms with Crippen LogP contribution in [0.1, 0.15) is 23.3 Å². The van der Waals surface area contributed by atoms with Gasteiger partial charge in [0, 0.05) is 29.8 Å². The molecule has 5 nitrogen and oxygen atoms in total. The van der Waals surface area contributed by atoms with Gasteiger partial charge >= 0.3 is 0 Å². The van der Waals surface area contributed by atoms with Crippen LogP contribution in [0, 0.1) is 0 Å². The van der Waals surface area contributed by atoms with Gasteiger partial charge in [-0.1, -0.05) is 0 Å². The van der Waals surface area contributed by atoms with Crippen LogP contribution in [0.2, 0.25) is 0 Å². The molecule has 1 atom stereocenters. The fourth-order valence-electron chi connectivity index (χ4n) is 2.24. The molecule has 1 amide bonds. The van der Waals surface area contributed by atoms with Crippen LogP contribution < -0.4 is 5.32 Å². The molecule has 2 heterocycles. The predicted molar refractivity (Wildman–Crippen MR) is 76.0 cm³/mol. The molecule has 1 aliphatic rings. The molecule has 0 radical (unpaired) electrons. The largest absolute Gasteiger partial charge is 0.395 e. The summed E-state index contributed by atoms with van der Waals surface area (Å²) in [4.78, 5) is 18.1. The van der Waals surface area contributed by atoms with E-state index in [0.717, 1.165) is 23.9 Å². The highest BCUT2D eigenvalue weighted by Crippen LogP contribution is 2.12. The smallest absolute Gasteiger partial charge is 0.272 e. The van der Waals surface area contributed by atoms with Crippen LogP contribution >= 0.6 is 15.9 Å². The van der Waals surface area contributed by atoms with Crippen LogP contribution in [0.4, 0.5) is 0 Å². The van der Waals surface area contributed by atoms with Crippen molar-refractivity contribution in [3.63, 3.8) is 0 Å². The lowest BCUT2D eigenvalue weighted by atomic mass is 10.2. The van der Waals surface area contributed by atoms with E-state index in [9.17, 15) is 4.79 Å². The van der Waals surface area contributed by atoms with Gasteiger partial charge in [0.25, 0.3) is 5.91 Å². The molecular weight excluding hydrogens is 310 g/mol. The maximum atomic E-state index is 12.3. The third kappa shape index (κ3) is 3.99. The minimum absolute atomic E-state index is 0.0327. The number of carbonyl (C=O) groups is 1. The summed E-state index contributed by atoms with van der Waals surface area (Å²) in [6, 6.07) is 3.82. The number of halogens is 1. The summed E-state index contributed by atoms with van der Waals surface area (Å²) in [5.74, 6) is -0.129. The standard InChI is InChI=1S/C13H18BrN3O2/c14-10-3-4-12(16-8-10)13(19)17(6-7-18)9-11-2-1-5-15-11/h3-4,8,11,15,18H,1-2,5-7,9H2.